The summed E-state index contributed by atoms with van der Waals surface area (Å²) in [5, 5.41) is 4.30. The maximum absolute atomic E-state index is 13.7. The first-order chi connectivity index (χ1) is 19.2. The minimum Gasteiger partial charge on any atom is -0.489 e. The lowest BCUT2D eigenvalue weighted by Gasteiger charge is -2.36. The second-order valence-electron chi connectivity index (χ2n) is 9.82. The van der Waals surface area contributed by atoms with Gasteiger partial charge in [-0.05, 0) is 47.0 Å². The summed E-state index contributed by atoms with van der Waals surface area (Å²) < 4.78 is 6.11. The number of hydrogen-bond acceptors (Lipinski definition) is 5. The molecule has 1 atom stereocenters. The molecule has 3 aromatic carbocycles. The van der Waals surface area contributed by atoms with Crippen LogP contribution >= 0.6 is 0 Å². The molecule has 1 aliphatic heterocycles. The summed E-state index contributed by atoms with van der Waals surface area (Å²) in [5.74, 6) is 0.724. The lowest BCUT2D eigenvalue weighted by molar-refractivity contribution is -0.122. The van der Waals surface area contributed by atoms with E-state index in [1.54, 1.807) is 6.20 Å². The Bertz CT molecular complexity index is 1600. The van der Waals surface area contributed by atoms with Crippen LogP contribution in [0.5, 0.6) is 5.75 Å². The third-order valence-corrected chi connectivity index (χ3v) is 7.26. The van der Waals surface area contributed by atoms with E-state index in [-0.39, 0.29) is 5.91 Å². The molecule has 7 nitrogen and oxygen atoms in total. The predicted molar refractivity (Wildman–Crippen MR) is 153 cm³/mol. The van der Waals surface area contributed by atoms with E-state index in [2.05, 4.69) is 32.3 Å². The van der Waals surface area contributed by atoms with Crippen molar-refractivity contribution in [3.05, 3.63) is 125 Å². The van der Waals surface area contributed by atoms with Crippen molar-refractivity contribution < 1.29 is 9.53 Å². The molecule has 39 heavy (non-hydrogen) atoms. The molecule has 0 saturated carbocycles. The van der Waals surface area contributed by atoms with Crippen molar-refractivity contribution in [2.75, 3.05) is 4.90 Å². The number of rotatable bonds is 8. The third-order valence-electron chi connectivity index (χ3n) is 7.26. The molecule has 7 heteroatoms. The number of nitrogens with one attached hydrogen (secondary N) is 2. The van der Waals surface area contributed by atoms with Gasteiger partial charge in [-0.3, -0.25) is 9.78 Å². The van der Waals surface area contributed by atoms with E-state index in [1.165, 1.54) is 10.9 Å². The maximum atomic E-state index is 13.7. The summed E-state index contributed by atoms with van der Waals surface area (Å²) >= 11 is 0. The number of benzene rings is 3. The Morgan fingerprint density at radius 3 is 2.72 bits per heavy atom. The number of amides is 1. The first-order valence-corrected chi connectivity index (χ1v) is 13.2. The quantitative estimate of drug-likeness (QED) is 0.274. The topological polar surface area (TPSA) is 96.3 Å². The van der Waals surface area contributed by atoms with Gasteiger partial charge in [-0.25, -0.2) is 0 Å². The number of fused-ring (bicyclic) bond motifs is 3. The number of anilines is 1. The molecule has 1 unspecified atom stereocenters. The van der Waals surface area contributed by atoms with Crippen molar-refractivity contribution in [3.63, 3.8) is 0 Å². The smallest absolute Gasteiger partial charge is 0.243 e. The lowest BCUT2D eigenvalue weighted by Crippen LogP contribution is -2.50. The molecule has 0 radical (unpaired) electrons. The number of carbonyl (C=O) groups is 1. The van der Waals surface area contributed by atoms with E-state index >= 15 is 0 Å². The molecule has 0 spiro atoms. The van der Waals surface area contributed by atoms with Gasteiger partial charge in [0, 0.05) is 47.5 Å². The van der Waals surface area contributed by atoms with Crippen LogP contribution in [0, 0.1) is 0 Å². The van der Waals surface area contributed by atoms with Crippen molar-refractivity contribution >= 4 is 22.5 Å². The van der Waals surface area contributed by atoms with E-state index in [0.29, 0.717) is 32.7 Å². The molecule has 0 fully saturated rings. The number of aromatic nitrogens is 2. The van der Waals surface area contributed by atoms with Crippen LogP contribution in [0.3, 0.4) is 0 Å². The van der Waals surface area contributed by atoms with Crippen LogP contribution in [0.2, 0.25) is 0 Å². The molecule has 4 N–H and O–H groups in total. The number of pyridine rings is 1. The molecule has 196 valence electrons. The van der Waals surface area contributed by atoms with Crippen LogP contribution in [0.1, 0.15) is 28.1 Å². The van der Waals surface area contributed by atoms with E-state index in [0.717, 1.165) is 39.5 Å². The van der Waals surface area contributed by atoms with Crippen LogP contribution in [0.15, 0.2) is 97.2 Å². The summed E-state index contributed by atoms with van der Waals surface area (Å²) in [6.45, 7) is 1.85. The molecule has 0 aliphatic carbocycles. The van der Waals surface area contributed by atoms with Gasteiger partial charge in [0.25, 0.3) is 0 Å². The number of aromatic amines is 1. The zero-order valence-corrected chi connectivity index (χ0v) is 21.6. The maximum Gasteiger partial charge on any atom is 0.243 e. The van der Waals surface area contributed by atoms with Crippen molar-refractivity contribution in [1.29, 1.82) is 0 Å². The third kappa shape index (κ3) is 5.35. The first-order valence-electron chi connectivity index (χ1n) is 13.2. The Balaban J connectivity index is 1.28. The van der Waals surface area contributed by atoms with Gasteiger partial charge >= 0.3 is 0 Å². The summed E-state index contributed by atoms with van der Waals surface area (Å²) in [6, 6.07) is 29.8. The molecular weight excluding hydrogens is 486 g/mol. The van der Waals surface area contributed by atoms with Crippen LogP contribution < -0.4 is 20.7 Å². The monoisotopic (exact) mass is 517 g/mol. The van der Waals surface area contributed by atoms with Gasteiger partial charge < -0.3 is 25.7 Å². The van der Waals surface area contributed by atoms with Crippen molar-refractivity contribution in [3.8, 4) is 5.75 Å². The fraction of sp³-hybridized carbons (Fsp3) is 0.188. The Labute approximate surface area is 227 Å². The van der Waals surface area contributed by atoms with Gasteiger partial charge in [0.1, 0.15) is 18.4 Å². The highest BCUT2D eigenvalue weighted by atomic mass is 16.5. The van der Waals surface area contributed by atoms with E-state index < -0.39 is 6.04 Å². The van der Waals surface area contributed by atoms with Gasteiger partial charge in [-0.15, -0.1) is 0 Å². The lowest BCUT2D eigenvalue weighted by atomic mass is 9.95. The molecule has 3 heterocycles. The molecule has 0 saturated heterocycles. The van der Waals surface area contributed by atoms with E-state index in [4.69, 9.17) is 10.5 Å². The highest BCUT2D eigenvalue weighted by Gasteiger charge is 2.34. The van der Waals surface area contributed by atoms with Gasteiger partial charge in [0.15, 0.2) is 0 Å². The van der Waals surface area contributed by atoms with Crippen LogP contribution in [-0.4, -0.2) is 21.9 Å². The normalized spacial score (nSPS) is 14.7. The minimum atomic E-state index is -0.390. The van der Waals surface area contributed by atoms with Gasteiger partial charge in [-0.1, -0.05) is 54.6 Å². The Kier molecular flexibility index (Phi) is 6.97. The standard InChI is InChI=1S/C32H31N5O2/c33-18-23-13-14-34-24(15-23)19-35-32(38)31-17-28-27-11-4-5-12-29(27)36-30(28)20-37(31)25-9-6-10-26(16-25)39-21-22-7-2-1-3-8-22/h1-16,31,36H,17-21,33H2,(H,35,38). The predicted octanol–water partition coefficient (Wildman–Crippen LogP) is 4.85. The summed E-state index contributed by atoms with van der Waals surface area (Å²) in [6.07, 6.45) is 2.33. The molecule has 1 aliphatic rings. The fourth-order valence-corrected chi connectivity index (χ4v) is 5.25. The highest BCUT2D eigenvalue weighted by molar-refractivity contribution is 5.90. The average molecular weight is 518 g/mol. The molecule has 5 aromatic rings. The van der Waals surface area contributed by atoms with E-state index in [1.807, 2.05) is 78.9 Å². The largest absolute Gasteiger partial charge is 0.489 e. The minimum absolute atomic E-state index is 0.0403. The number of nitrogens with two attached hydrogens (primary N) is 1. The summed E-state index contributed by atoms with van der Waals surface area (Å²) in [5.41, 5.74) is 13.0. The molecule has 1 amide bonds. The van der Waals surface area contributed by atoms with Crippen LogP contribution in [0.4, 0.5) is 5.69 Å². The second-order valence-corrected chi connectivity index (χ2v) is 9.82. The number of para-hydroxylation sites is 1. The van der Waals surface area contributed by atoms with Crippen molar-refractivity contribution in [2.24, 2.45) is 5.73 Å². The van der Waals surface area contributed by atoms with Crippen LogP contribution in [-0.2, 0) is 37.5 Å². The Hall–Kier alpha value is -4.62. The molecular formula is C32H31N5O2. The SMILES string of the molecule is NCc1ccnc(CNC(=O)C2Cc3c([nH]c4ccccc34)CN2c2cccc(OCc3ccccc3)c2)c1. The summed E-state index contributed by atoms with van der Waals surface area (Å²) in [7, 11) is 0. The zero-order chi connectivity index (χ0) is 26.6. The number of H-pyrrole nitrogens is 1. The molecule has 6 rings (SSSR count). The van der Waals surface area contributed by atoms with Gasteiger partial charge in [0.05, 0.1) is 18.8 Å². The number of nitrogens with zero attached hydrogens (tertiary/aromatic N) is 2. The average Bonchev–Trinajstić information content (AvgIpc) is 3.36. The van der Waals surface area contributed by atoms with Crippen LogP contribution in [0.25, 0.3) is 10.9 Å². The Morgan fingerprint density at radius 1 is 1.00 bits per heavy atom. The summed E-state index contributed by atoms with van der Waals surface area (Å²) in [4.78, 5) is 23.9. The number of ether oxygens (including phenoxy) is 1. The van der Waals surface area contributed by atoms with E-state index in [9.17, 15) is 4.79 Å². The number of hydrogen-bond donors (Lipinski definition) is 3. The zero-order valence-electron chi connectivity index (χ0n) is 21.6. The van der Waals surface area contributed by atoms with Crippen molar-refractivity contribution in [2.45, 2.75) is 38.7 Å². The fourth-order valence-electron chi connectivity index (χ4n) is 5.25. The van der Waals surface area contributed by atoms with Gasteiger partial charge in [0.2, 0.25) is 5.91 Å². The molecule has 2 aromatic heterocycles. The van der Waals surface area contributed by atoms with Gasteiger partial charge in [-0.2, -0.15) is 0 Å². The highest BCUT2D eigenvalue weighted by Crippen LogP contribution is 2.34. The number of carbonyl (C=O) groups excluding carboxylic acids is 1. The Morgan fingerprint density at radius 2 is 1.85 bits per heavy atom. The second kappa shape index (κ2) is 11.0. The molecule has 0 bridgehead atoms. The van der Waals surface area contributed by atoms with Crippen molar-refractivity contribution in [1.82, 2.24) is 15.3 Å². The first kappa shape index (κ1) is 24.7.